The minimum Gasteiger partial charge on any atom is -0.491 e. The lowest BCUT2D eigenvalue weighted by Gasteiger charge is -2.42. The van der Waals surface area contributed by atoms with Crippen LogP contribution in [0.2, 0.25) is 5.02 Å². The Balaban J connectivity index is 1.96. The van der Waals surface area contributed by atoms with Crippen LogP contribution in [0.25, 0.3) is 0 Å². The van der Waals surface area contributed by atoms with Crippen LogP contribution in [0.3, 0.4) is 0 Å². The van der Waals surface area contributed by atoms with E-state index in [1.54, 1.807) is 13.1 Å². The molecule has 0 aromatic heterocycles. The Morgan fingerprint density at radius 2 is 1.71 bits per heavy atom. The first-order chi connectivity index (χ1) is 14.4. The molecule has 31 heavy (non-hydrogen) atoms. The molecule has 1 heterocycles. The molecule has 2 aromatic carbocycles. The fourth-order valence-corrected chi connectivity index (χ4v) is 5.14. The molecule has 0 unspecified atom stereocenters. The second-order valence-corrected chi connectivity index (χ2v) is 9.81. The first-order valence-electron chi connectivity index (χ1n) is 9.28. The Morgan fingerprint density at radius 1 is 1.10 bits per heavy atom. The molecule has 0 atom stereocenters. The van der Waals surface area contributed by atoms with Crippen LogP contribution in [0.1, 0.15) is 0 Å². The van der Waals surface area contributed by atoms with Crippen molar-refractivity contribution in [1.82, 2.24) is 9.38 Å². The van der Waals surface area contributed by atoms with Gasteiger partial charge in [-0.25, -0.2) is 8.42 Å². The first-order valence-corrected chi connectivity index (χ1v) is 11.1. The lowest BCUT2D eigenvalue weighted by atomic mass is 10.1. The molecule has 11 heteroatoms. The van der Waals surface area contributed by atoms with Crippen molar-refractivity contribution in [3.8, 4) is 5.75 Å². The fraction of sp³-hybridized carbons (Fsp3) is 0.350. The molecule has 1 amide bonds. The van der Waals surface area contributed by atoms with E-state index in [0.717, 1.165) is 4.90 Å². The molecule has 1 aliphatic rings. The predicted octanol–water partition coefficient (Wildman–Crippen LogP) is 3.52. The number of carbonyl (C=O) groups excluding carboxylic acids is 1. The number of methoxy groups -OCH3 is 1. The predicted molar refractivity (Wildman–Crippen MR) is 110 cm³/mol. The van der Waals surface area contributed by atoms with E-state index in [1.807, 2.05) is 0 Å². The van der Waals surface area contributed by atoms with Crippen LogP contribution in [0.15, 0.2) is 52.3 Å². The van der Waals surface area contributed by atoms with Gasteiger partial charge in [-0.15, -0.1) is 0 Å². The van der Waals surface area contributed by atoms with Gasteiger partial charge in [0.15, 0.2) is 11.4 Å². The number of hydrogen-bond acceptors (Lipinski definition) is 4. The zero-order chi connectivity index (χ0) is 23.0. The van der Waals surface area contributed by atoms with Crippen molar-refractivity contribution in [2.75, 3.05) is 40.3 Å². The minimum absolute atomic E-state index is 0.0127. The Kier molecular flexibility index (Phi) is 6.28. The van der Waals surface area contributed by atoms with Gasteiger partial charge in [-0.2, -0.15) is 13.2 Å². The normalized spacial score (nSPS) is 16.8. The van der Waals surface area contributed by atoms with E-state index in [0.29, 0.717) is 11.4 Å². The molecule has 1 aliphatic heterocycles. The summed E-state index contributed by atoms with van der Waals surface area (Å²) < 4.78 is 69.9. The number of hydrogen-bond donors (Lipinski definition) is 0. The molecule has 168 valence electrons. The number of sulfone groups is 1. The number of ether oxygens (including phenoxy) is 1. The van der Waals surface area contributed by atoms with Gasteiger partial charge >= 0.3 is 12.1 Å². The maximum Gasteiger partial charge on any atom is 0.471 e. The van der Waals surface area contributed by atoms with E-state index in [4.69, 9.17) is 16.3 Å². The van der Waals surface area contributed by atoms with Crippen LogP contribution in [0, 0.1) is 0 Å². The molecule has 0 bridgehead atoms. The van der Waals surface area contributed by atoms with Crippen molar-refractivity contribution >= 4 is 33.0 Å². The quantitative estimate of drug-likeness (QED) is 0.632. The summed E-state index contributed by atoms with van der Waals surface area (Å²) >= 11 is 5.93. The van der Waals surface area contributed by atoms with Gasteiger partial charge in [0.05, 0.1) is 37.0 Å². The number of benzene rings is 2. The number of alkyl halides is 3. The maximum absolute atomic E-state index is 13.1. The van der Waals surface area contributed by atoms with Gasteiger partial charge in [0.2, 0.25) is 9.84 Å². The average molecular weight is 478 g/mol. The van der Waals surface area contributed by atoms with Crippen molar-refractivity contribution in [2.45, 2.75) is 16.0 Å². The third-order valence-electron chi connectivity index (χ3n) is 5.41. The molecule has 0 spiro atoms. The van der Waals surface area contributed by atoms with E-state index < -0.39 is 21.9 Å². The summed E-state index contributed by atoms with van der Waals surface area (Å²) in [6.07, 6.45) is -4.93. The molecule has 1 saturated heterocycles. The smallest absolute Gasteiger partial charge is 0.471 e. The molecule has 0 radical (unpaired) electrons. The van der Waals surface area contributed by atoms with Crippen molar-refractivity contribution in [2.24, 2.45) is 0 Å². The SMILES string of the molecule is COc1ccc(S(=O)(=O)c2cccc(Cl)c2)cc1[N+]1(C)CCN(C(=O)C(F)(F)F)CC1. The van der Waals surface area contributed by atoms with Crippen molar-refractivity contribution in [1.29, 1.82) is 0 Å². The minimum atomic E-state index is -4.93. The van der Waals surface area contributed by atoms with Crippen LogP contribution in [0.5, 0.6) is 5.75 Å². The molecule has 0 N–H and O–H groups in total. The van der Waals surface area contributed by atoms with E-state index in [2.05, 4.69) is 0 Å². The standard InChI is InChI=1S/C20H21ClF3N2O4S/c1-26(10-8-25(9-11-26)19(27)20(22,23)24)17-13-16(6-7-18(17)30-2)31(28,29)15-5-3-4-14(21)12-15/h3-7,12-13H,8-11H2,1-2H3/q+1. The zero-order valence-electron chi connectivity index (χ0n) is 16.8. The second kappa shape index (κ2) is 8.33. The Bertz CT molecular complexity index is 1100. The van der Waals surface area contributed by atoms with E-state index >= 15 is 0 Å². The molecule has 3 rings (SSSR count). The number of halogens is 4. The Labute approximate surface area is 183 Å². The van der Waals surface area contributed by atoms with Gasteiger partial charge in [0.1, 0.15) is 13.1 Å². The maximum atomic E-state index is 13.1. The summed E-state index contributed by atoms with van der Waals surface area (Å²) in [6.45, 7) is 0.0875. The number of carbonyl (C=O) groups is 1. The fourth-order valence-electron chi connectivity index (χ4n) is 3.56. The van der Waals surface area contributed by atoms with E-state index in [-0.39, 0.29) is 45.5 Å². The van der Waals surface area contributed by atoms with Crippen LogP contribution < -0.4 is 9.22 Å². The molecular formula is C20H21ClF3N2O4S+. The summed E-state index contributed by atoms with van der Waals surface area (Å²) in [6, 6.07) is 10.3. The summed E-state index contributed by atoms with van der Waals surface area (Å²) in [5.74, 6) is -1.47. The van der Waals surface area contributed by atoms with Gasteiger partial charge in [-0.1, -0.05) is 17.7 Å². The number of likely N-dealkylation sites (N-methyl/N-ethyl adjacent to an activating group) is 1. The number of amides is 1. The molecule has 6 nitrogen and oxygen atoms in total. The second-order valence-electron chi connectivity index (χ2n) is 7.43. The summed E-state index contributed by atoms with van der Waals surface area (Å²) in [5, 5.41) is 0.277. The molecular weight excluding hydrogens is 457 g/mol. The number of piperazine rings is 1. The highest BCUT2D eigenvalue weighted by Crippen LogP contribution is 2.37. The highest BCUT2D eigenvalue weighted by atomic mass is 35.5. The third-order valence-corrected chi connectivity index (χ3v) is 7.39. The van der Waals surface area contributed by atoms with E-state index in [9.17, 15) is 26.4 Å². The van der Waals surface area contributed by atoms with Crippen LogP contribution in [0.4, 0.5) is 18.9 Å². The van der Waals surface area contributed by atoms with Gasteiger partial charge in [0.25, 0.3) is 0 Å². The first kappa shape index (κ1) is 23.4. The summed E-state index contributed by atoms with van der Waals surface area (Å²) in [5.41, 5.74) is 0.504. The molecule has 0 aliphatic carbocycles. The molecule has 2 aromatic rings. The highest BCUT2D eigenvalue weighted by molar-refractivity contribution is 7.91. The van der Waals surface area contributed by atoms with Crippen LogP contribution in [-0.4, -0.2) is 65.7 Å². The van der Waals surface area contributed by atoms with Crippen molar-refractivity contribution in [3.05, 3.63) is 47.5 Å². The van der Waals surface area contributed by atoms with Gasteiger partial charge in [0, 0.05) is 11.1 Å². The lowest BCUT2D eigenvalue weighted by molar-refractivity contribution is -0.186. The molecule has 1 fully saturated rings. The van der Waals surface area contributed by atoms with E-state index in [1.165, 1.54) is 43.5 Å². The number of quaternary nitrogens is 1. The van der Waals surface area contributed by atoms with Crippen molar-refractivity contribution < 1.29 is 31.1 Å². The lowest BCUT2D eigenvalue weighted by Crippen LogP contribution is -2.61. The van der Waals surface area contributed by atoms with Crippen molar-refractivity contribution in [3.63, 3.8) is 0 Å². The Hall–Kier alpha value is -2.30. The van der Waals surface area contributed by atoms with Crippen LogP contribution >= 0.6 is 11.6 Å². The number of rotatable bonds is 4. The van der Waals surface area contributed by atoms with Gasteiger partial charge in [-0.3, -0.25) is 9.28 Å². The summed E-state index contributed by atoms with van der Waals surface area (Å²) in [7, 11) is -0.684. The zero-order valence-corrected chi connectivity index (χ0v) is 18.4. The average Bonchev–Trinajstić information content (AvgIpc) is 2.72. The monoisotopic (exact) mass is 477 g/mol. The van der Waals surface area contributed by atoms with Crippen LogP contribution in [-0.2, 0) is 14.6 Å². The largest absolute Gasteiger partial charge is 0.491 e. The number of nitrogens with zero attached hydrogens (tertiary/aromatic N) is 2. The topological polar surface area (TPSA) is 63.7 Å². The third kappa shape index (κ3) is 4.65. The highest BCUT2D eigenvalue weighted by Gasteiger charge is 2.45. The van der Waals surface area contributed by atoms with Gasteiger partial charge in [-0.05, 0) is 30.3 Å². The summed E-state index contributed by atoms with van der Waals surface area (Å²) in [4.78, 5) is 12.3. The Morgan fingerprint density at radius 3 is 2.26 bits per heavy atom. The van der Waals surface area contributed by atoms with Gasteiger partial charge < -0.3 is 9.64 Å². The molecule has 0 saturated carbocycles.